The van der Waals surface area contributed by atoms with E-state index in [0.29, 0.717) is 41.1 Å². The number of amides is 1. The van der Waals surface area contributed by atoms with Gasteiger partial charge in [0, 0.05) is 24.2 Å². The van der Waals surface area contributed by atoms with E-state index in [4.69, 9.17) is 9.47 Å². The number of esters is 2. The van der Waals surface area contributed by atoms with E-state index in [-0.39, 0.29) is 18.3 Å². The Labute approximate surface area is 228 Å². The second kappa shape index (κ2) is 12.4. The molecule has 39 heavy (non-hydrogen) atoms. The highest BCUT2D eigenvalue weighted by Crippen LogP contribution is 2.38. The second-order valence-corrected chi connectivity index (χ2v) is 9.52. The lowest BCUT2D eigenvalue weighted by molar-refractivity contribution is -0.143. The first-order valence-electron chi connectivity index (χ1n) is 12.8. The van der Waals surface area contributed by atoms with E-state index in [1.54, 1.807) is 25.1 Å². The summed E-state index contributed by atoms with van der Waals surface area (Å²) in [4.78, 5) is 39.4. The number of hydrogen-bond acceptors (Lipinski definition) is 7. The summed E-state index contributed by atoms with van der Waals surface area (Å²) in [7, 11) is 5.36. The Hall–Kier alpha value is -4.43. The van der Waals surface area contributed by atoms with Gasteiger partial charge in [-0.05, 0) is 74.5 Å². The number of hydrogen-bond donors (Lipinski definition) is 2. The molecule has 8 nitrogen and oxygen atoms in total. The smallest absolute Gasteiger partial charge is 0.337 e. The first-order valence-corrected chi connectivity index (χ1v) is 12.8. The van der Waals surface area contributed by atoms with Crippen LogP contribution in [0.4, 0.5) is 11.4 Å². The highest BCUT2D eigenvalue weighted by Gasteiger charge is 2.29. The molecule has 0 saturated carbocycles. The monoisotopic (exact) mass is 527 g/mol. The third kappa shape index (κ3) is 6.72. The third-order valence-corrected chi connectivity index (χ3v) is 6.30. The summed E-state index contributed by atoms with van der Waals surface area (Å²) in [6.45, 7) is 2.95. The topological polar surface area (TPSA) is 97.0 Å². The van der Waals surface area contributed by atoms with Crippen LogP contribution in [-0.4, -0.2) is 50.6 Å². The zero-order chi connectivity index (χ0) is 27.9. The van der Waals surface area contributed by atoms with E-state index < -0.39 is 5.97 Å². The molecule has 1 amide bonds. The van der Waals surface area contributed by atoms with E-state index in [2.05, 4.69) is 15.5 Å². The largest absolute Gasteiger partial charge is 0.466 e. The average Bonchev–Trinajstić information content (AvgIpc) is 3.25. The van der Waals surface area contributed by atoms with Crippen molar-refractivity contribution in [2.45, 2.75) is 26.3 Å². The van der Waals surface area contributed by atoms with Gasteiger partial charge in [0.2, 0.25) is 0 Å². The van der Waals surface area contributed by atoms with Crippen LogP contribution in [0.15, 0.2) is 66.7 Å². The molecule has 0 saturated heterocycles. The predicted octanol–water partition coefficient (Wildman–Crippen LogP) is 4.96. The van der Waals surface area contributed by atoms with E-state index >= 15 is 0 Å². The maximum absolute atomic E-state index is 13.3. The molecule has 0 radical (unpaired) electrons. The Balaban J connectivity index is 1.76. The highest BCUT2D eigenvalue weighted by atomic mass is 16.5. The molecule has 0 fully saturated rings. The molecule has 0 aromatic heterocycles. The van der Waals surface area contributed by atoms with Crippen LogP contribution in [0.2, 0.25) is 0 Å². The summed E-state index contributed by atoms with van der Waals surface area (Å²) in [5.74, 6) is -1.01. The number of aryl methyl sites for hydroxylation is 1. The number of ether oxygens (including phenoxy) is 2. The molecule has 0 atom stereocenters. The average molecular weight is 528 g/mol. The van der Waals surface area contributed by atoms with Crippen molar-refractivity contribution in [1.29, 1.82) is 0 Å². The number of rotatable bonds is 10. The van der Waals surface area contributed by atoms with Crippen LogP contribution >= 0.6 is 0 Å². The summed E-state index contributed by atoms with van der Waals surface area (Å²) < 4.78 is 9.91. The Morgan fingerprint density at radius 2 is 1.72 bits per heavy atom. The van der Waals surface area contributed by atoms with Gasteiger partial charge >= 0.3 is 11.9 Å². The maximum Gasteiger partial charge on any atom is 0.337 e. The quantitative estimate of drug-likeness (QED) is 0.284. The lowest BCUT2D eigenvalue weighted by Crippen LogP contribution is -2.11. The van der Waals surface area contributed by atoms with E-state index in [0.717, 1.165) is 23.4 Å². The van der Waals surface area contributed by atoms with Gasteiger partial charge in [-0.15, -0.1) is 0 Å². The van der Waals surface area contributed by atoms with Crippen molar-refractivity contribution in [3.63, 3.8) is 0 Å². The van der Waals surface area contributed by atoms with Gasteiger partial charge in [0.15, 0.2) is 0 Å². The predicted molar refractivity (Wildman–Crippen MR) is 152 cm³/mol. The Morgan fingerprint density at radius 1 is 0.949 bits per heavy atom. The minimum atomic E-state index is -0.477. The van der Waals surface area contributed by atoms with Crippen molar-refractivity contribution in [2.75, 3.05) is 38.4 Å². The van der Waals surface area contributed by atoms with Crippen LogP contribution < -0.4 is 10.6 Å². The highest BCUT2D eigenvalue weighted by molar-refractivity contribution is 6.37. The third-order valence-electron chi connectivity index (χ3n) is 6.30. The van der Waals surface area contributed by atoms with Crippen LogP contribution in [0.5, 0.6) is 0 Å². The minimum Gasteiger partial charge on any atom is -0.466 e. The molecule has 2 N–H and O–H groups in total. The van der Waals surface area contributed by atoms with Gasteiger partial charge in [-0.1, -0.05) is 36.4 Å². The fraction of sp³-hybridized carbons (Fsp3) is 0.258. The van der Waals surface area contributed by atoms with Gasteiger partial charge in [-0.25, -0.2) is 4.79 Å². The number of nitrogens with one attached hydrogen (secondary N) is 2. The molecular formula is C31H33N3O5. The van der Waals surface area contributed by atoms with Crippen LogP contribution in [0.25, 0.3) is 11.3 Å². The molecule has 8 heteroatoms. The Morgan fingerprint density at radius 3 is 2.41 bits per heavy atom. The van der Waals surface area contributed by atoms with Gasteiger partial charge < -0.3 is 25.0 Å². The van der Waals surface area contributed by atoms with Gasteiger partial charge in [0.1, 0.15) is 0 Å². The SMILES string of the molecule is CCOC(=O)CCc1cccc(C(Nc2ccc(CN(C)C)cc2)=C2C(=O)Nc3cc(C(=O)OC)ccc32)c1. The number of nitrogens with zero attached hydrogens (tertiary/aromatic N) is 1. The second-order valence-electron chi connectivity index (χ2n) is 9.52. The number of anilines is 2. The van der Waals surface area contributed by atoms with Crippen molar-refractivity contribution in [3.05, 3.63) is 94.5 Å². The standard InChI is InChI=1S/C31H33N3O5/c1-5-39-27(35)16-11-20-7-6-8-22(17-20)29(32-24-13-9-21(10-14-24)19-34(2)3)28-25-15-12-23(31(37)38-4)18-26(25)33-30(28)36/h6-10,12-15,17-18,32H,5,11,16,19H2,1-4H3,(H,33,36). The molecule has 0 bridgehead atoms. The number of methoxy groups -OCH3 is 1. The van der Waals surface area contributed by atoms with E-state index in [1.165, 1.54) is 12.7 Å². The summed E-state index contributed by atoms with van der Waals surface area (Å²) in [6, 6.07) is 20.8. The van der Waals surface area contributed by atoms with Crippen LogP contribution in [0, 0.1) is 0 Å². The first kappa shape index (κ1) is 27.6. The summed E-state index contributed by atoms with van der Waals surface area (Å²) in [6.07, 6.45) is 0.781. The fourth-order valence-corrected chi connectivity index (χ4v) is 4.51. The van der Waals surface area contributed by atoms with Crippen molar-refractivity contribution < 1.29 is 23.9 Å². The zero-order valence-corrected chi connectivity index (χ0v) is 22.7. The lowest BCUT2D eigenvalue weighted by Gasteiger charge is -2.17. The Bertz CT molecular complexity index is 1410. The minimum absolute atomic E-state index is 0.247. The molecular weight excluding hydrogens is 494 g/mol. The maximum atomic E-state index is 13.3. The number of benzene rings is 3. The number of carbonyl (C=O) groups is 3. The van der Waals surface area contributed by atoms with Crippen molar-refractivity contribution in [3.8, 4) is 0 Å². The molecule has 3 aromatic carbocycles. The molecule has 0 unspecified atom stereocenters. The molecule has 0 aliphatic carbocycles. The van der Waals surface area contributed by atoms with Gasteiger partial charge in [-0.3, -0.25) is 9.59 Å². The lowest BCUT2D eigenvalue weighted by atomic mass is 9.97. The molecule has 1 aliphatic heterocycles. The van der Waals surface area contributed by atoms with Crippen molar-refractivity contribution in [1.82, 2.24) is 4.90 Å². The van der Waals surface area contributed by atoms with Gasteiger partial charge in [0.25, 0.3) is 5.91 Å². The number of fused-ring (bicyclic) bond motifs is 1. The molecule has 0 spiro atoms. The van der Waals surface area contributed by atoms with Crippen molar-refractivity contribution in [2.24, 2.45) is 0 Å². The van der Waals surface area contributed by atoms with Crippen LogP contribution in [-0.2, 0) is 32.0 Å². The summed E-state index contributed by atoms with van der Waals surface area (Å²) in [5.41, 5.74) is 6.38. The zero-order valence-electron chi connectivity index (χ0n) is 22.7. The summed E-state index contributed by atoms with van der Waals surface area (Å²) in [5, 5.41) is 6.36. The van der Waals surface area contributed by atoms with Crippen molar-refractivity contribution >= 4 is 40.5 Å². The van der Waals surface area contributed by atoms with E-state index in [9.17, 15) is 14.4 Å². The molecule has 202 valence electrons. The molecule has 3 aromatic rings. The first-order chi connectivity index (χ1) is 18.8. The van der Waals surface area contributed by atoms with E-state index in [1.807, 2.05) is 62.6 Å². The van der Waals surface area contributed by atoms with Crippen LogP contribution in [0.1, 0.15) is 46.0 Å². The summed E-state index contributed by atoms with van der Waals surface area (Å²) >= 11 is 0. The Kier molecular flexibility index (Phi) is 8.78. The molecule has 1 aliphatic rings. The fourth-order valence-electron chi connectivity index (χ4n) is 4.51. The number of carbonyl (C=O) groups excluding carboxylic acids is 3. The molecule has 4 rings (SSSR count). The van der Waals surface area contributed by atoms with Gasteiger partial charge in [-0.2, -0.15) is 0 Å². The normalized spacial score (nSPS) is 13.5. The molecule has 1 heterocycles. The van der Waals surface area contributed by atoms with Crippen LogP contribution in [0.3, 0.4) is 0 Å². The van der Waals surface area contributed by atoms with Gasteiger partial charge in [0.05, 0.1) is 36.2 Å².